The number of nitrogens with one attached hydrogen (secondary N) is 1. The molecule has 0 aromatic carbocycles. The van der Waals surface area contributed by atoms with Gasteiger partial charge < -0.3 is 19.7 Å². The Hall–Kier alpha value is -2.92. The van der Waals surface area contributed by atoms with Gasteiger partial charge in [0.2, 0.25) is 0 Å². The van der Waals surface area contributed by atoms with E-state index in [9.17, 15) is 22.8 Å². The SMILES string of the molecule is C[C@@H](OC(=O)c1ccc(N2CCOCC2)nc1)C(=O)Nc1ncc(C(F)(F)F)cc1Cl. The molecule has 3 heterocycles. The van der Waals surface area contributed by atoms with Crippen LogP contribution in [0.4, 0.5) is 24.8 Å². The van der Waals surface area contributed by atoms with E-state index < -0.39 is 34.7 Å². The van der Waals surface area contributed by atoms with Crippen molar-refractivity contribution >= 4 is 35.1 Å². The lowest BCUT2D eigenvalue weighted by Crippen LogP contribution is -2.36. The fraction of sp³-hybridized carbons (Fsp3) is 0.368. The molecule has 0 bridgehead atoms. The van der Waals surface area contributed by atoms with Gasteiger partial charge >= 0.3 is 12.1 Å². The van der Waals surface area contributed by atoms with Gasteiger partial charge in [-0.15, -0.1) is 0 Å². The van der Waals surface area contributed by atoms with Crippen molar-refractivity contribution in [3.8, 4) is 0 Å². The lowest BCUT2D eigenvalue weighted by molar-refractivity contribution is -0.137. The van der Waals surface area contributed by atoms with E-state index in [1.807, 2.05) is 4.90 Å². The molecule has 1 aliphatic heterocycles. The normalized spacial score (nSPS) is 15.3. The van der Waals surface area contributed by atoms with Crippen molar-refractivity contribution in [2.24, 2.45) is 0 Å². The van der Waals surface area contributed by atoms with Crippen LogP contribution in [-0.2, 0) is 20.4 Å². The third-order valence-corrected chi connectivity index (χ3v) is 4.67. The van der Waals surface area contributed by atoms with Crippen LogP contribution >= 0.6 is 11.6 Å². The molecule has 166 valence electrons. The molecule has 2 aromatic rings. The molecule has 8 nitrogen and oxygen atoms in total. The highest BCUT2D eigenvalue weighted by Gasteiger charge is 2.32. The zero-order chi connectivity index (χ0) is 22.6. The summed E-state index contributed by atoms with van der Waals surface area (Å²) >= 11 is 5.76. The van der Waals surface area contributed by atoms with Crippen LogP contribution in [0.5, 0.6) is 0 Å². The number of pyridine rings is 2. The van der Waals surface area contributed by atoms with Crippen LogP contribution < -0.4 is 10.2 Å². The molecule has 0 spiro atoms. The smallest absolute Gasteiger partial charge is 0.417 e. The van der Waals surface area contributed by atoms with E-state index in [4.69, 9.17) is 21.1 Å². The van der Waals surface area contributed by atoms with Crippen LogP contribution in [0.25, 0.3) is 0 Å². The predicted molar refractivity (Wildman–Crippen MR) is 105 cm³/mol. The number of carbonyl (C=O) groups excluding carboxylic acids is 2. The van der Waals surface area contributed by atoms with Gasteiger partial charge in [0, 0.05) is 25.5 Å². The summed E-state index contributed by atoms with van der Waals surface area (Å²) in [7, 11) is 0. The monoisotopic (exact) mass is 458 g/mol. The molecular formula is C19H18ClF3N4O4. The maximum absolute atomic E-state index is 12.7. The summed E-state index contributed by atoms with van der Waals surface area (Å²) in [6, 6.07) is 3.83. The van der Waals surface area contributed by atoms with Crippen LogP contribution in [0, 0.1) is 0 Å². The molecule has 1 amide bonds. The molecule has 12 heteroatoms. The summed E-state index contributed by atoms with van der Waals surface area (Å²) in [5.74, 6) is -1.18. The van der Waals surface area contributed by atoms with Crippen LogP contribution in [-0.4, -0.2) is 54.3 Å². The molecule has 0 unspecified atom stereocenters. The van der Waals surface area contributed by atoms with Gasteiger partial charge in [-0.1, -0.05) is 11.6 Å². The number of alkyl halides is 3. The van der Waals surface area contributed by atoms with E-state index >= 15 is 0 Å². The molecule has 3 rings (SSSR count). The number of halogens is 4. The first-order chi connectivity index (χ1) is 14.6. The van der Waals surface area contributed by atoms with Gasteiger partial charge in [-0.3, -0.25) is 4.79 Å². The number of morpholine rings is 1. The third-order valence-electron chi connectivity index (χ3n) is 4.38. The Morgan fingerprint density at radius 3 is 2.52 bits per heavy atom. The number of ether oxygens (including phenoxy) is 2. The first kappa shape index (κ1) is 22.8. The van der Waals surface area contributed by atoms with Crippen LogP contribution in [0.3, 0.4) is 0 Å². The minimum absolute atomic E-state index is 0.141. The summed E-state index contributed by atoms with van der Waals surface area (Å²) in [5, 5.41) is 1.84. The molecule has 31 heavy (non-hydrogen) atoms. The van der Waals surface area contributed by atoms with Gasteiger partial charge in [0.1, 0.15) is 5.82 Å². The van der Waals surface area contributed by atoms with Crippen molar-refractivity contribution in [2.45, 2.75) is 19.2 Å². The van der Waals surface area contributed by atoms with E-state index in [1.165, 1.54) is 19.2 Å². The number of hydrogen-bond donors (Lipinski definition) is 1. The van der Waals surface area contributed by atoms with Gasteiger partial charge in [-0.05, 0) is 25.1 Å². The summed E-state index contributed by atoms with van der Waals surface area (Å²) in [6.07, 6.45) is -3.99. The van der Waals surface area contributed by atoms with Crippen molar-refractivity contribution in [2.75, 3.05) is 36.5 Å². The van der Waals surface area contributed by atoms with Crippen molar-refractivity contribution in [3.63, 3.8) is 0 Å². The highest BCUT2D eigenvalue weighted by Crippen LogP contribution is 2.32. The van der Waals surface area contributed by atoms with E-state index in [0.29, 0.717) is 44.4 Å². The molecule has 1 fully saturated rings. The molecule has 0 saturated carbocycles. The number of aromatic nitrogens is 2. The second-order valence-corrected chi connectivity index (χ2v) is 7.00. The second-order valence-electron chi connectivity index (χ2n) is 6.59. The summed E-state index contributed by atoms with van der Waals surface area (Å²) in [6.45, 7) is 3.87. The van der Waals surface area contributed by atoms with Crippen LogP contribution in [0.2, 0.25) is 5.02 Å². The van der Waals surface area contributed by atoms with Crippen LogP contribution in [0.15, 0.2) is 30.6 Å². The largest absolute Gasteiger partial charge is 0.449 e. The Morgan fingerprint density at radius 2 is 1.94 bits per heavy atom. The average molecular weight is 459 g/mol. The minimum Gasteiger partial charge on any atom is -0.449 e. The molecule has 1 N–H and O–H groups in total. The lowest BCUT2D eigenvalue weighted by Gasteiger charge is -2.27. The van der Waals surface area contributed by atoms with E-state index in [0.717, 1.165) is 0 Å². The van der Waals surface area contributed by atoms with E-state index in [2.05, 4.69) is 15.3 Å². The van der Waals surface area contributed by atoms with Crippen molar-refractivity contribution in [1.29, 1.82) is 0 Å². The van der Waals surface area contributed by atoms with Gasteiger partial charge in [-0.25, -0.2) is 14.8 Å². The number of anilines is 2. The van der Waals surface area contributed by atoms with Crippen molar-refractivity contribution < 1.29 is 32.2 Å². The second kappa shape index (κ2) is 9.48. The number of esters is 1. The highest BCUT2D eigenvalue weighted by atomic mass is 35.5. The number of amides is 1. The maximum atomic E-state index is 12.7. The predicted octanol–water partition coefficient (Wildman–Crippen LogP) is 3.17. The third kappa shape index (κ3) is 5.82. The van der Waals surface area contributed by atoms with Gasteiger partial charge in [0.05, 0.1) is 29.4 Å². The molecule has 0 aliphatic carbocycles. The Morgan fingerprint density at radius 1 is 1.23 bits per heavy atom. The van der Waals surface area contributed by atoms with Gasteiger partial charge in [-0.2, -0.15) is 13.2 Å². The Labute approximate surface area is 180 Å². The number of hydrogen-bond acceptors (Lipinski definition) is 7. The first-order valence-corrected chi connectivity index (χ1v) is 9.56. The summed E-state index contributed by atoms with van der Waals surface area (Å²) < 4.78 is 48.4. The van der Waals surface area contributed by atoms with E-state index in [1.54, 1.807) is 6.07 Å². The first-order valence-electron chi connectivity index (χ1n) is 9.18. The fourth-order valence-electron chi connectivity index (χ4n) is 2.67. The zero-order valence-electron chi connectivity index (χ0n) is 16.3. The van der Waals surface area contributed by atoms with Crippen molar-refractivity contribution in [3.05, 3.63) is 46.7 Å². The highest BCUT2D eigenvalue weighted by molar-refractivity contribution is 6.33. The Kier molecular flexibility index (Phi) is 6.96. The van der Waals surface area contributed by atoms with Gasteiger partial charge in [0.25, 0.3) is 5.91 Å². The standard InChI is InChI=1S/C19H18ClF3N4O4/c1-11(17(28)26-16-14(20)8-13(10-25-16)19(21,22)23)31-18(29)12-2-3-15(24-9-12)27-4-6-30-7-5-27/h2-3,8-11H,4-7H2,1H3,(H,25,26,28)/t11-/m1/s1. The van der Waals surface area contributed by atoms with E-state index in [-0.39, 0.29) is 11.4 Å². The van der Waals surface area contributed by atoms with Crippen LogP contribution in [0.1, 0.15) is 22.8 Å². The molecule has 0 radical (unpaired) electrons. The fourth-order valence-corrected chi connectivity index (χ4v) is 2.89. The zero-order valence-corrected chi connectivity index (χ0v) is 17.0. The molecule has 1 atom stereocenters. The van der Waals surface area contributed by atoms with Crippen molar-refractivity contribution in [1.82, 2.24) is 9.97 Å². The number of nitrogens with zero attached hydrogens (tertiary/aromatic N) is 3. The molecule has 2 aromatic heterocycles. The Balaban J connectivity index is 1.58. The maximum Gasteiger partial charge on any atom is 0.417 e. The summed E-state index contributed by atoms with van der Waals surface area (Å²) in [5.41, 5.74) is -0.912. The molecule has 1 saturated heterocycles. The Bertz CT molecular complexity index is 950. The average Bonchev–Trinajstić information content (AvgIpc) is 2.75. The number of rotatable bonds is 5. The number of carbonyl (C=O) groups is 2. The topological polar surface area (TPSA) is 93.6 Å². The summed E-state index contributed by atoms with van der Waals surface area (Å²) in [4.78, 5) is 34.3. The molecule has 1 aliphatic rings. The van der Waals surface area contributed by atoms with Gasteiger partial charge in [0.15, 0.2) is 11.9 Å². The minimum atomic E-state index is -4.62. The quantitative estimate of drug-likeness (QED) is 0.688. The lowest BCUT2D eigenvalue weighted by atomic mass is 10.2. The molecular weight excluding hydrogens is 441 g/mol.